The highest BCUT2D eigenvalue weighted by molar-refractivity contribution is 7.89. The third-order valence-corrected chi connectivity index (χ3v) is 5.57. The molecule has 0 bridgehead atoms. The van der Waals surface area contributed by atoms with Crippen molar-refractivity contribution in [2.45, 2.75) is 31.3 Å². The van der Waals surface area contributed by atoms with E-state index in [1.54, 1.807) is 6.92 Å². The number of aromatic nitrogens is 2. The molecule has 21 heavy (non-hydrogen) atoms. The molecule has 2 rings (SSSR count). The Kier molecular flexibility index (Phi) is 4.64. The molecule has 8 nitrogen and oxygen atoms in total. The molecule has 0 aliphatic carbocycles. The summed E-state index contributed by atoms with van der Waals surface area (Å²) in [5, 5.41) is 7.72. The van der Waals surface area contributed by atoms with E-state index in [2.05, 4.69) is 14.9 Å². The number of nitrogens with one attached hydrogen (secondary N) is 2. The van der Waals surface area contributed by atoms with Crippen LogP contribution in [0.15, 0.2) is 11.2 Å². The maximum atomic E-state index is 12.4. The summed E-state index contributed by atoms with van der Waals surface area (Å²) >= 11 is 0. The molecule has 1 aromatic heterocycles. The van der Waals surface area contributed by atoms with E-state index in [9.17, 15) is 8.42 Å². The lowest BCUT2D eigenvalue weighted by molar-refractivity contribution is 0.163. The van der Waals surface area contributed by atoms with E-state index in [1.807, 2.05) is 6.92 Å². The zero-order chi connectivity index (χ0) is 15.6. The van der Waals surface area contributed by atoms with Gasteiger partial charge in [0, 0.05) is 26.2 Å². The first-order valence-electron chi connectivity index (χ1n) is 6.96. The zero-order valence-electron chi connectivity index (χ0n) is 12.3. The number of sulfonamides is 1. The summed E-state index contributed by atoms with van der Waals surface area (Å²) in [6, 6.07) is -0.107. The first-order chi connectivity index (χ1) is 9.86. The lowest BCUT2D eigenvalue weighted by atomic mass is 10.1. The van der Waals surface area contributed by atoms with Gasteiger partial charge in [0.15, 0.2) is 5.03 Å². The summed E-state index contributed by atoms with van der Waals surface area (Å²) in [7, 11) is -3.51. The Morgan fingerprint density at radius 3 is 2.52 bits per heavy atom. The van der Waals surface area contributed by atoms with Crippen molar-refractivity contribution in [3.63, 3.8) is 0 Å². The molecule has 4 N–H and O–H groups in total. The van der Waals surface area contributed by atoms with Crippen LogP contribution in [0, 0.1) is 12.3 Å². The molecule has 1 saturated heterocycles. The van der Waals surface area contributed by atoms with Crippen LogP contribution in [0.5, 0.6) is 0 Å². The molecule has 1 unspecified atom stereocenters. The number of H-pyrrole nitrogens is 1. The number of imidazole rings is 1. The van der Waals surface area contributed by atoms with Crippen LogP contribution in [0.1, 0.15) is 19.2 Å². The van der Waals surface area contributed by atoms with Gasteiger partial charge in [-0.05, 0) is 13.3 Å². The summed E-state index contributed by atoms with van der Waals surface area (Å²) in [4.78, 5) is 8.77. The first-order valence-corrected chi connectivity index (χ1v) is 8.40. The standard InChI is InChI=1S/C12H22N6O2S/c1-3-10(12(13)14)17-4-6-18(7-5-17)21(19,20)11-8-15-9(2)16-11/h8,10H,3-7H2,1-2H3,(H3,13,14)(H,15,16). The Labute approximate surface area is 124 Å². The number of hydrogen-bond donors (Lipinski definition) is 3. The molecule has 0 spiro atoms. The number of nitrogens with zero attached hydrogens (tertiary/aromatic N) is 3. The van der Waals surface area contributed by atoms with E-state index in [0.717, 1.165) is 6.42 Å². The topological polar surface area (TPSA) is 119 Å². The van der Waals surface area contributed by atoms with Crippen LogP contribution in [0.4, 0.5) is 0 Å². The van der Waals surface area contributed by atoms with Crippen LogP contribution >= 0.6 is 0 Å². The van der Waals surface area contributed by atoms with Gasteiger partial charge in [-0.25, -0.2) is 13.4 Å². The van der Waals surface area contributed by atoms with Gasteiger partial charge in [-0.2, -0.15) is 4.31 Å². The minimum absolute atomic E-state index is 0.107. The Hall–Kier alpha value is -1.45. The van der Waals surface area contributed by atoms with Crippen LogP contribution in [0.25, 0.3) is 0 Å². The Bertz CT molecular complexity index is 603. The van der Waals surface area contributed by atoms with Gasteiger partial charge in [-0.1, -0.05) is 6.92 Å². The zero-order valence-corrected chi connectivity index (χ0v) is 13.2. The van der Waals surface area contributed by atoms with E-state index in [1.165, 1.54) is 10.5 Å². The van der Waals surface area contributed by atoms with Gasteiger partial charge in [0.2, 0.25) is 0 Å². The van der Waals surface area contributed by atoms with Crippen molar-refractivity contribution in [3.8, 4) is 0 Å². The number of rotatable bonds is 5. The molecule has 2 heterocycles. The third-order valence-electron chi connectivity index (χ3n) is 3.76. The fourth-order valence-corrected chi connectivity index (χ4v) is 3.98. The second kappa shape index (κ2) is 6.12. The molecule has 1 atom stereocenters. The minimum Gasteiger partial charge on any atom is -0.386 e. The Morgan fingerprint density at radius 1 is 1.48 bits per heavy atom. The Balaban J connectivity index is 2.05. The molecule has 0 saturated carbocycles. The second-order valence-corrected chi connectivity index (χ2v) is 7.06. The van der Waals surface area contributed by atoms with Crippen molar-refractivity contribution < 1.29 is 8.42 Å². The van der Waals surface area contributed by atoms with Crippen LogP contribution in [0.2, 0.25) is 0 Å². The third kappa shape index (κ3) is 3.25. The summed E-state index contributed by atoms with van der Waals surface area (Å²) in [6.45, 7) is 5.63. The van der Waals surface area contributed by atoms with Crippen LogP contribution in [-0.2, 0) is 10.0 Å². The predicted octanol–water partition coefficient (Wildman–Crippen LogP) is -0.261. The normalized spacial score (nSPS) is 19.5. The van der Waals surface area contributed by atoms with Crippen molar-refractivity contribution in [2.24, 2.45) is 5.73 Å². The van der Waals surface area contributed by atoms with Crippen LogP contribution < -0.4 is 5.73 Å². The van der Waals surface area contributed by atoms with E-state index in [4.69, 9.17) is 11.1 Å². The van der Waals surface area contributed by atoms with E-state index in [-0.39, 0.29) is 16.9 Å². The molecule has 0 amide bonds. The van der Waals surface area contributed by atoms with Gasteiger partial charge in [0.1, 0.15) is 11.7 Å². The van der Waals surface area contributed by atoms with Crippen molar-refractivity contribution in [1.82, 2.24) is 19.2 Å². The molecule has 1 fully saturated rings. The molecule has 118 valence electrons. The van der Waals surface area contributed by atoms with E-state index < -0.39 is 10.0 Å². The lowest BCUT2D eigenvalue weighted by Crippen LogP contribution is -2.54. The van der Waals surface area contributed by atoms with Crippen LogP contribution in [0.3, 0.4) is 0 Å². The highest BCUT2D eigenvalue weighted by Crippen LogP contribution is 2.17. The molecular formula is C12H22N6O2S. The quantitative estimate of drug-likeness (QED) is 0.511. The first kappa shape index (κ1) is 15.9. The van der Waals surface area contributed by atoms with E-state index >= 15 is 0 Å². The maximum Gasteiger partial charge on any atom is 0.260 e. The Morgan fingerprint density at radius 2 is 2.10 bits per heavy atom. The summed E-state index contributed by atoms with van der Waals surface area (Å²) < 4.78 is 26.3. The number of aromatic amines is 1. The largest absolute Gasteiger partial charge is 0.386 e. The lowest BCUT2D eigenvalue weighted by Gasteiger charge is -2.37. The number of piperazine rings is 1. The predicted molar refractivity (Wildman–Crippen MR) is 79.6 cm³/mol. The summed E-state index contributed by atoms with van der Waals surface area (Å²) in [5.41, 5.74) is 5.59. The molecule has 0 radical (unpaired) electrons. The van der Waals surface area contributed by atoms with Crippen LogP contribution in [-0.4, -0.2) is 65.6 Å². The number of nitrogens with two attached hydrogens (primary N) is 1. The second-order valence-electron chi connectivity index (χ2n) is 5.15. The SMILES string of the molecule is CCC(C(=N)N)N1CCN(S(=O)(=O)c2cnc(C)[nH]2)CC1. The molecule has 9 heteroatoms. The highest BCUT2D eigenvalue weighted by atomic mass is 32.2. The van der Waals surface area contributed by atoms with Crippen molar-refractivity contribution in [1.29, 1.82) is 5.41 Å². The number of hydrogen-bond acceptors (Lipinski definition) is 5. The molecule has 0 aromatic carbocycles. The fraction of sp³-hybridized carbons (Fsp3) is 0.667. The summed E-state index contributed by atoms with van der Waals surface area (Å²) in [5.74, 6) is 0.716. The maximum absolute atomic E-state index is 12.4. The smallest absolute Gasteiger partial charge is 0.260 e. The fourth-order valence-electron chi connectivity index (χ4n) is 2.60. The van der Waals surface area contributed by atoms with Gasteiger partial charge in [0.05, 0.1) is 12.2 Å². The number of aryl methyl sites for hydroxylation is 1. The van der Waals surface area contributed by atoms with Gasteiger partial charge in [-0.15, -0.1) is 0 Å². The molecule has 1 aliphatic heterocycles. The number of amidine groups is 1. The van der Waals surface area contributed by atoms with Crippen molar-refractivity contribution >= 4 is 15.9 Å². The molecular weight excluding hydrogens is 292 g/mol. The van der Waals surface area contributed by atoms with Gasteiger partial charge >= 0.3 is 0 Å². The monoisotopic (exact) mass is 314 g/mol. The van der Waals surface area contributed by atoms with Gasteiger partial charge < -0.3 is 10.7 Å². The minimum atomic E-state index is -3.51. The highest BCUT2D eigenvalue weighted by Gasteiger charge is 2.32. The van der Waals surface area contributed by atoms with E-state index in [0.29, 0.717) is 32.0 Å². The average Bonchev–Trinajstić information content (AvgIpc) is 2.87. The molecule has 1 aromatic rings. The van der Waals surface area contributed by atoms with Gasteiger partial charge in [-0.3, -0.25) is 10.3 Å². The van der Waals surface area contributed by atoms with Crippen molar-refractivity contribution in [3.05, 3.63) is 12.0 Å². The van der Waals surface area contributed by atoms with Gasteiger partial charge in [0.25, 0.3) is 10.0 Å². The average molecular weight is 314 g/mol. The van der Waals surface area contributed by atoms with Crippen molar-refractivity contribution in [2.75, 3.05) is 26.2 Å². The summed E-state index contributed by atoms with van der Waals surface area (Å²) in [6.07, 6.45) is 2.10. The molecule has 1 aliphatic rings.